The minimum Gasteiger partial charge on any atom is -0.340 e. The van der Waals surface area contributed by atoms with Crippen LogP contribution >= 0.6 is 0 Å². The van der Waals surface area contributed by atoms with Crippen LogP contribution in [0.3, 0.4) is 0 Å². The van der Waals surface area contributed by atoms with Gasteiger partial charge in [0, 0.05) is 25.3 Å². The van der Waals surface area contributed by atoms with E-state index in [0.29, 0.717) is 22.3 Å². The molecule has 0 saturated carbocycles. The molecule has 2 N–H and O–H groups in total. The van der Waals surface area contributed by atoms with Crippen molar-refractivity contribution in [1.29, 1.82) is 0 Å². The van der Waals surface area contributed by atoms with Gasteiger partial charge >= 0.3 is 5.69 Å². The van der Waals surface area contributed by atoms with Crippen LogP contribution in [0.2, 0.25) is 0 Å². The van der Waals surface area contributed by atoms with Gasteiger partial charge in [-0.2, -0.15) is 0 Å². The van der Waals surface area contributed by atoms with Crippen LogP contribution in [0.25, 0.3) is 22.3 Å². The second-order valence-electron chi connectivity index (χ2n) is 7.71. The molecule has 0 spiro atoms. The van der Waals surface area contributed by atoms with E-state index in [1.807, 2.05) is 55.5 Å². The maximum atomic E-state index is 13.3. The van der Waals surface area contributed by atoms with E-state index in [0.717, 1.165) is 22.4 Å². The number of para-hydroxylation sites is 1. The number of nitrogens with zero attached hydrogens (tertiary/aromatic N) is 2. The maximum absolute atomic E-state index is 13.3. The lowest BCUT2D eigenvalue weighted by Crippen LogP contribution is -2.29. The highest BCUT2D eigenvalue weighted by Gasteiger charge is 2.40. The molecule has 1 aliphatic rings. The van der Waals surface area contributed by atoms with Crippen molar-refractivity contribution in [3.8, 4) is 11.3 Å². The molecule has 0 saturated heterocycles. The van der Waals surface area contributed by atoms with E-state index in [9.17, 15) is 14.4 Å². The summed E-state index contributed by atoms with van der Waals surface area (Å²) in [7, 11) is 3.33. The molecule has 2 aromatic heterocycles. The Kier molecular flexibility index (Phi) is 3.83. The molecule has 1 atom stereocenters. The van der Waals surface area contributed by atoms with Crippen LogP contribution in [-0.2, 0) is 11.8 Å². The van der Waals surface area contributed by atoms with Crippen molar-refractivity contribution < 1.29 is 4.79 Å². The Morgan fingerprint density at radius 2 is 1.60 bits per heavy atom. The molecule has 150 valence electrons. The first kappa shape index (κ1) is 18.2. The van der Waals surface area contributed by atoms with Gasteiger partial charge in [0.15, 0.2) is 0 Å². The normalized spacial score (nSPS) is 15.8. The van der Waals surface area contributed by atoms with Gasteiger partial charge in [-0.05, 0) is 24.1 Å². The van der Waals surface area contributed by atoms with E-state index < -0.39 is 17.2 Å². The molecule has 4 aromatic rings. The molecule has 3 heterocycles. The van der Waals surface area contributed by atoms with Gasteiger partial charge in [0.25, 0.3) is 5.56 Å². The molecule has 0 radical (unpaired) electrons. The number of carbonyl (C=O) groups is 1. The third-order valence-corrected chi connectivity index (χ3v) is 5.92. The van der Waals surface area contributed by atoms with E-state index >= 15 is 0 Å². The number of nitrogens with one attached hydrogen (secondary N) is 2. The molecule has 1 amide bonds. The van der Waals surface area contributed by atoms with Gasteiger partial charge in [0.05, 0.1) is 17.0 Å². The second kappa shape index (κ2) is 6.32. The van der Waals surface area contributed by atoms with E-state index in [2.05, 4.69) is 9.97 Å². The second-order valence-corrected chi connectivity index (χ2v) is 7.71. The van der Waals surface area contributed by atoms with Gasteiger partial charge in [-0.15, -0.1) is 0 Å². The summed E-state index contributed by atoms with van der Waals surface area (Å²) in [6, 6.07) is 15.4. The third-order valence-electron chi connectivity index (χ3n) is 5.92. The first-order valence-corrected chi connectivity index (χ1v) is 9.67. The first-order chi connectivity index (χ1) is 14.4. The van der Waals surface area contributed by atoms with Crippen molar-refractivity contribution in [3.63, 3.8) is 0 Å². The van der Waals surface area contributed by atoms with E-state index in [4.69, 9.17) is 0 Å². The molecule has 0 fully saturated rings. The van der Waals surface area contributed by atoms with Gasteiger partial charge < -0.3 is 9.88 Å². The van der Waals surface area contributed by atoms with Crippen molar-refractivity contribution in [2.45, 2.75) is 12.8 Å². The number of fused-ring (bicyclic) bond motifs is 2. The van der Waals surface area contributed by atoms with E-state index in [1.165, 1.54) is 4.57 Å². The largest absolute Gasteiger partial charge is 0.340 e. The lowest BCUT2D eigenvalue weighted by Gasteiger charge is -2.13. The van der Waals surface area contributed by atoms with E-state index in [-0.39, 0.29) is 5.91 Å². The number of aryl methyl sites for hydroxylation is 2. The van der Waals surface area contributed by atoms with Crippen molar-refractivity contribution >= 4 is 22.6 Å². The van der Waals surface area contributed by atoms with Crippen molar-refractivity contribution in [2.24, 2.45) is 7.05 Å². The number of amides is 1. The molecule has 2 aromatic carbocycles. The predicted octanol–water partition coefficient (Wildman–Crippen LogP) is 2.64. The van der Waals surface area contributed by atoms with Crippen LogP contribution in [0.4, 0.5) is 5.69 Å². The summed E-state index contributed by atoms with van der Waals surface area (Å²) in [4.78, 5) is 45.7. The molecule has 0 unspecified atom stereocenters. The molecule has 7 nitrogen and oxygen atoms in total. The average Bonchev–Trinajstić information content (AvgIpc) is 3.24. The minimum absolute atomic E-state index is 0.112. The third kappa shape index (κ3) is 2.41. The molecule has 0 bridgehead atoms. The summed E-state index contributed by atoms with van der Waals surface area (Å²) in [5, 5.41) is 0.330. The Labute approximate surface area is 171 Å². The predicted molar refractivity (Wildman–Crippen MR) is 116 cm³/mol. The Balaban J connectivity index is 1.92. The number of hydrogen-bond donors (Lipinski definition) is 2. The fourth-order valence-corrected chi connectivity index (χ4v) is 4.33. The Morgan fingerprint density at radius 1 is 0.900 bits per heavy atom. The molecular weight excluding hydrogens is 380 g/mol. The van der Waals surface area contributed by atoms with Crippen molar-refractivity contribution in [1.82, 2.24) is 14.5 Å². The smallest absolute Gasteiger partial charge is 0.329 e. The Morgan fingerprint density at radius 3 is 2.33 bits per heavy atom. The summed E-state index contributed by atoms with van der Waals surface area (Å²) in [6.07, 6.45) is 0. The minimum atomic E-state index is -0.644. The average molecular weight is 400 g/mol. The van der Waals surface area contributed by atoms with Crippen LogP contribution in [0, 0.1) is 6.92 Å². The zero-order chi connectivity index (χ0) is 21.2. The quantitative estimate of drug-likeness (QED) is 0.542. The number of carbonyl (C=O) groups excluding carboxylic acids is 1. The Hall–Kier alpha value is -3.87. The van der Waals surface area contributed by atoms with Gasteiger partial charge in [-0.1, -0.05) is 48.0 Å². The summed E-state index contributed by atoms with van der Waals surface area (Å²) in [5.41, 5.74) is 4.25. The van der Waals surface area contributed by atoms with Crippen molar-refractivity contribution in [3.05, 3.63) is 86.1 Å². The SMILES string of the molecule is Cc1ccc(-c2[nH]c3c(c2[C@H]2C(=O)N(C)c4ccccc42)c(=O)[nH]c(=O)n3C)cc1. The number of H-pyrrole nitrogens is 2. The maximum Gasteiger partial charge on any atom is 0.329 e. The fraction of sp³-hybridized carbons (Fsp3) is 0.174. The van der Waals surface area contributed by atoms with Crippen LogP contribution in [0.1, 0.15) is 22.6 Å². The topological polar surface area (TPSA) is 91.0 Å². The summed E-state index contributed by atoms with van der Waals surface area (Å²) < 4.78 is 1.37. The Bertz CT molecular complexity index is 1440. The highest BCUT2D eigenvalue weighted by molar-refractivity contribution is 6.10. The number of rotatable bonds is 2. The number of likely N-dealkylation sites (N-methyl/N-ethyl adjacent to an activating group) is 1. The van der Waals surface area contributed by atoms with Gasteiger partial charge in [-0.3, -0.25) is 19.1 Å². The van der Waals surface area contributed by atoms with Crippen LogP contribution in [0.5, 0.6) is 0 Å². The monoisotopic (exact) mass is 400 g/mol. The highest BCUT2D eigenvalue weighted by atomic mass is 16.2. The van der Waals surface area contributed by atoms with Crippen molar-refractivity contribution in [2.75, 3.05) is 11.9 Å². The fourth-order valence-electron chi connectivity index (χ4n) is 4.33. The standard InChI is InChI=1S/C23H20N4O3/c1-12-8-10-13(11-9-12)19-17(18-20(24-19)27(3)23(30)25-21(18)28)16-14-6-4-5-7-15(14)26(2)22(16)29/h4-11,16,24H,1-3H3,(H,25,28,30)/t16-/m0/s1. The summed E-state index contributed by atoms with van der Waals surface area (Å²) in [5.74, 6) is -0.756. The van der Waals surface area contributed by atoms with Gasteiger partial charge in [-0.25, -0.2) is 4.79 Å². The number of hydrogen-bond acceptors (Lipinski definition) is 3. The number of anilines is 1. The molecule has 1 aliphatic heterocycles. The molecular formula is C23H20N4O3. The zero-order valence-electron chi connectivity index (χ0n) is 16.8. The lowest BCUT2D eigenvalue weighted by molar-refractivity contribution is -0.118. The van der Waals surface area contributed by atoms with Gasteiger partial charge in [0.1, 0.15) is 5.65 Å². The highest BCUT2D eigenvalue weighted by Crippen LogP contribution is 2.45. The number of benzene rings is 2. The van der Waals surface area contributed by atoms with E-state index in [1.54, 1.807) is 19.0 Å². The van der Waals surface area contributed by atoms with Crippen LogP contribution < -0.4 is 16.1 Å². The lowest BCUT2D eigenvalue weighted by atomic mass is 9.89. The van der Waals surface area contributed by atoms with Crippen LogP contribution in [-0.4, -0.2) is 27.5 Å². The van der Waals surface area contributed by atoms with Gasteiger partial charge in [0.2, 0.25) is 5.91 Å². The number of aromatic nitrogens is 3. The zero-order valence-corrected chi connectivity index (χ0v) is 16.8. The van der Waals surface area contributed by atoms with Crippen LogP contribution in [0.15, 0.2) is 58.1 Å². The number of aromatic amines is 2. The molecule has 7 heteroatoms. The molecule has 30 heavy (non-hydrogen) atoms. The summed E-state index contributed by atoms with van der Waals surface area (Å²) in [6.45, 7) is 2.00. The molecule has 5 rings (SSSR count). The summed E-state index contributed by atoms with van der Waals surface area (Å²) >= 11 is 0. The molecule has 0 aliphatic carbocycles. The first-order valence-electron chi connectivity index (χ1n) is 9.67.